The molecule has 2 aromatic rings. The first-order valence-corrected chi connectivity index (χ1v) is 7.74. The van der Waals surface area contributed by atoms with E-state index in [2.05, 4.69) is 16.2 Å². The zero-order valence-electron chi connectivity index (χ0n) is 13.0. The number of nitrogens with one attached hydrogen (secondary N) is 3. The third-order valence-electron chi connectivity index (χ3n) is 2.87. The zero-order valence-corrected chi connectivity index (χ0v) is 14.6. The number of halogens is 1. The number of carbonyl (C=O) groups is 2. The van der Waals surface area contributed by atoms with Crippen LogP contribution < -0.4 is 20.9 Å². The number of amides is 2. The molecule has 0 saturated carbocycles. The predicted molar refractivity (Wildman–Crippen MR) is 97.1 cm³/mol. The molecule has 1 aromatic carbocycles. The van der Waals surface area contributed by atoms with Crippen molar-refractivity contribution in [3.8, 4) is 5.75 Å². The average Bonchev–Trinajstić information content (AvgIpc) is 3.11. The van der Waals surface area contributed by atoms with Crippen LogP contribution in [0.5, 0.6) is 5.75 Å². The van der Waals surface area contributed by atoms with Gasteiger partial charge in [-0.3, -0.25) is 25.8 Å². The largest absolute Gasteiger partial charge is 0.496 e. The van der Waals surface area contributed by atoms with Crippen LogP contribution in [-0.2, 0) is 4.79 Å². The summed E-state index contributed by atoms with van der Waals surface area (Å²) < 4.78 is 10.1. The Morgan fingerprint density at radius 1 is 1.28 bits per heavy atom. The lowest BCUT2D eigenvalue weighted by atomic mass is 10.2. The van der Waals surface area contributed by atoms with E-state index in [-0.39, 0.29) is 10.7 Å². The molecule has 0 radical (unpaired) electrons. The van der Waals surface area contributed by atoms with Crippen LogP contribution in [0.1, 0.15) is 16.1 Å². The van der Waals surface area contributed by atoms with Crippen molar-refractivity contribution in [1.82, 2.24) is 16.2 Å². The zero-order chi connectivity index (χ0) is 18.2. The minimum Gasteiger partial charge on any atom is -0.496 e. The number of rotatable bonds is 4. The first kappa shape index (κ1) is 18.5. The number of thiocarbonyl (C=S) groups is 1. The molecule has 2 rings (SSSR count). The van der Waals surface area contributed by atoms with Gasteiger partial charge in [0.25, 0.3) is 5.91 Å². The normalized spacial score (nSPS) is 10.3. The highest BCUT2D eigenvalue weighted by Gasteiger charge is 2.13. The van der Waals surface area contributed by atoms with Crippen LogP contribution in [0.25, 0.3) is 6.08 Å². The van der Waals surface area contributed by atoms with Gasteiger partial charge in [0.2, 0.25) is 5.91 Å². The van der Waals surface area contributed by atoms with Gasteiger partial charge in [0.1, 0.15) is 11.5 Å². The Labute approximate surface area is 154 Å². The van der Waals surface area contributed by atoms with Crippen molar-refractivity contribution in [1.29, 1.82) is 0 Å². The number of furan rings is 1. The Balaban J connectivity index is 1.86. The molecule has 9 heteroatoms. The minimum atomic E-state index is -0.526. The van der Waals surface area contributed by atoms with Crippen LogP contribution in [0, 0.1) is 0 Å². The van der Waals surface area contributed by atoms with Crippen LogP contribution in [-0.4, -0.2) is 24.0 Å². The Morgan fingerprint density at radius 3 is 2.76 bits per heavy atom. The maximum absolute atomic E-state index is 12.1. The highest BCUT2D eigenvalue weighted by atomic mass is 35.5. The van der Waals surface area contributed by atoms with Crippen LogP contribution >= 0.6 is 23.8 Å². The fraction of sp³-hybridized carbons (Fsp3) is 0.0625. The molecule has 130 valence electrons. The number of benzene rings is 1. The second kappa shape index (κ2) is 8.86. The molecule has 0 saturated heterocycles. The van der Waals surface area contributed by atoms with Gasteiger partial charge >= 0.3 is 0 Å². The molecule has 0 fully saturated rings. The highest BCUT2D eigenvalue weighted by molar-refractivity contribution is 7.80. The molecule has 0 unspecified atom stereocenters. The van der Waals surface area contributed by atoms with E-state index in [4.69, 9.17) is 33.0 Å². The summed E-state index contributed by atoms with van der Waals surface area (Å²) in [6, 6.07) is 8.01. The maximum atomic E-state index is 12.1. The number of hydrazine groups is 1. The Bertz CT molecular complexity index is 806. The Kier molecular flexibility index (Phi) is 6.55. The van der Waals surface area contributed by atoms with Gasteiger partial charge in [0.15, 0.2) is 5.11 Å². The fourth-order valence-electron chi connectivity index (χ4n) is 1.77. The molecule has 2 amide bonds. The Morgan fingerprint density at radius 2 is 2.08 bits per heavy atom. The van der Waals surface area contributed by atoms with E-state index in [0.717, 1.165) is 0 Å². The molecule has 0 aliphatic carbocycles. The summed E-state index contributed by atoms with van der Waals surface area (Å²) in [5, 5.41) is 2.67. The summed E-state index contributed by atoms with van der Waals surface area (Å²) in [5.74, 6) is -0.138. The van der Waals surface area contributed by atoms with Gasteiger partial charge in [-0.25, -0.2) is 0 Å². The monoisotopic (exact) mass is 379 g/mol. The first-order chi connectivity index (χ1) is 12.0. The number of hydrogen-bond donors (Lipinski definition) is 3. The van der Waals surface area contributed by atoms with Crippen molar-refractivity contribution in [2.75, 3.05) is 7.11 Å². The molecule has 1 heterocycles. The lowest BCUT2D eigenvalue weighted by Gasteiger charge is -2.12. The van der Waals surface area contributed by atoms with Gasteiger partial charge in [-0.1, -0.05) is 11.6 Å². The van der Waals surface area contributed by atoms with E-state index in [1.54, 1.807) is 24.3 Å². The molecular weight excluding hydrogens is 366 g/mol. The molecule has 0 spiro atoms. The second-order valence-corrected chi connectivity index (χ2v) is 5.44. The maximum Gasteiger partial charge on any atom is 0.273 e. The van der Waals surface area contributed by atoms with Gasteiger partial charge in [-0.15, -0.1) is 0 Å². The molecule has 25 heavy (non-hydrogen) atoms. The van der Waals surface area contributed by atoms with Gasteiger partial charge in [-0.2, -0.15) is 0 Å². The molecule has 0 aliphatic rings. The van der Waals surface area contributed by atoms with Gasteiger partial charge in [-0.05, 0) is 48.6 Å². The molecule has 0 atom stereocenters. The number of ether oxygens (including phenoxy) is 1. The molecule has 1 aromatic heterocycles. The van der Waals surface area contributed by atoms with Crippen molar-refractivity contribution in [2.45, 2.75) is 0 Å². The average molecular weight is 380 g/mol. The quantitative estimate of drug-likeness (QED) is 0.429. The third kappa shape index (κ3) is 5.63. The first-order valence-electron chi connectivity index (χ1n) is 6.96. The lowest BCUT2D eigenvalue weighted by Crippen LogP contribution is -2.48. The lowest BCUT2D eigenvalue weighted by molar-refractivity contribution is -0.115. The molecule has 0 aliphatic heterocycles. The SMILES string of the molecule is COc1ccc(Cl)cc1C(=O)NNC(=S)NC(=O)/C=C/c1ccco1. The van der Waals surface area contributed by atoms with E-state index < -0.39 is 11.8 Å². The Hall–Kier alpha value is -2.84. The summed E-state index contributed by atoms with van der Waals surface area (Å²) in [4.78, 5) is 23.8. The van der Waals surface area contributed by atoms with Crippen molar-refractivity contribution in [3.63, 3.8) is 0 Å². The summed E-state index contributed by atoms with van der Waals surface area (Å²) in [7, 11) is 1.43. The second-order valence-electron chi connectivity index (χ2n) is 4.59. The summed E-state index contributed by atoms with van der Waals surface area (Å²) in [6.07, 6.45) is 4.21. The summed E-state index contributed by atoms with van der Waals surface area (Å²) >= 11 is 10.8. The van der Waals surface area contributed by atoms with E-state index in [0.29, 0.717) is 16.5 Å². The summed E-state index contributed by atoms with van der Waals surface area (Å²) in [5.41, 5.74) is 4.99. The van der Waals surface area contributed by atoms with E-state index >= 15 is 0 Å². The van der Waals surface area contributed by atoms with Crippen molar-refractivity contribution >= 4 is 46.8 Å². The van der Waals surface area contributed by atoms with Crippen LogP contribution in [0.3, 0.4) is 0 Å². The number of carbonyl (C=O) groups excluding carboxylic acids is 2. The van der Waals surface area contributed by atoms with E-state index in [1.165, 1.54) is 31.6 Å². The van der Waals surface area contributed by atoms with E-state index in [1.807, 2.05) is 0 Å². The van der Waals surface area contributed by atoms with Gasteiger partial charge < -0.3 is 9.15 Å². The highest BCUT2D eigenvalue weighted by Crippen LogP contribution is 2.22. The smallest absolute Gasteiger partial charge is 0.273 e. The topological polar surface area (TPSA) is 92.6 Å². The molecule has 7 nitrogen and oxygen atoms in total. The molecular formula is C16H14ClN3O4S. The van der Waals surface area contributed by atoms with Gasteiger partial charge in [0, 0.05) is 11.1 Å². The van der Waals surface area contributed by atoms with Gasteiger partial charge in [0.05, 0.1) is 18.9 Å². The van der Waals surface area contributed by atoms with Crippen LogP contribution in [0.15, 0.2) is 47.1 Å². The predicted octanol–water partition coefficient (Wildman–Crippen LogP) is 2.29. The number of methoxy groups -OCH3 is 1. The molecule has 3 N–H and O–H groups in total. The molecule has 0 bridgehead atoms. The number of hydrogen-bond acceptors (Lipinski definition) is 5. The fourth-order valence-corrected chi connectivity index (χ4v) is 2.09. The van der Waals surface area contributed by atoms with Crippen molar-refractivity contribution in [3.05, 3.63) is 59.0 Å². The third-order valence-corrected chi connectivity index (χ3v) is 3.31. The summed E-state index contributed by atoms with van der Waals surface area (Å²) in [6.45, 7) is 0. The van der Waals surface area contributed by atoms with Crippen LogP contribution in [0.4, 0.5) is 0 Å². The van der Waals surface area contributed by atoms with Crippen molar-refractivity contribution < 1.29 is 18.7 Å². The standard InChI is InChI=1S/C16H14ClN3O4S/c1-23-13-6-4-10(17)9-12(13)15(22)19-20-16(25)18-14(21)7-5-11-3-2-8-24-11/h2-9H,1H3,(H,19,22)(H2,18,20,21,25)/b7-5+. The minimum absolute atomic E-state index is 0.0801. The van der Waals surface area contributed by atoms with E-state index in [9.17, 15) is 9.59 Å². The van der Waals surface area contributed by atoms with Crippen LogP contribution in [0.2, 0.25) is 5.02 Å². The van der Waals surface area contributed by atoms with Crippen molar-refractivity contribution in [2.24, 2.45) is 0 Å².